The smallest absolute Gasteiger partial charge is 0.316 e. The van der Waals surface area contributed by atoms with E-state index < -0.39 is 5.97 Å². The van der Waals surface area contributed by atoms with Crippen molar-refractivity contribution in [3.63, 3.8) is 0 Å². The molecule has 1 heterocycles. The van der Waals surface area contributed by atoms with Gasteiger partial charge in [-0.3, -0.25) is 4.79 Å². The number of hydrogen-bond acceptors (Lipinski definition) is 4. The molecule has 0 saturated heterocycles. The van der Waals surface area contributed by atoms with Crippen molar-refractivity contribution in [3.05, 3.63) is 35.0 Å². The molecule has 0 saturated carbocycles. The number of aryl methyl sites for hydroxylation is 2. The van der Waals surface area contributed by atoms with E-state index in [2.05, 4.69) is 24.9 Å². The van der Waals surface area contributed by atoms with Crippen molar-refractivity contribution >= 4 is 5.97 Å². The summed E-state index contributed by atoms with van der Waals surface area (Å²) in [5.41, 5.74) is 4.06. The number of hydrogen-bond donors (Lipinski definition) is 0. The van der Waals surface area contributed by atoms with Crippen LogP contribution in [0.25, 0.3) is 11.5 Å². The van der Waals surface area contributed by atoms with E-state index in [1.165, 1.54) is 18.1 Å². The monoisotopic (exact) mass is 273 g/mol. The van der Waals surface area contributed by atoms with Gasteiger partial charge in [0.2, 0.25) is 5.89 Å². The van der Waals surface area contributed by atoms with Gasteiger partial charge >= 0.3 is 11.9 Å². The molecule has 0 aliphatic rings. The minimum atomic E-state index is -0.408. The number of rotatable bonds is 4. The average Bonchev–Trinajstić information content (AvgIpc) is 2.78. The van der Waals surface area contributed by atoms with E-state index >= 15 is 0 Å². The summed E-state index contributed by atoms with van der Waals surface area (Å²) in [5, 5.41) is 0. The summed E-state index contributed by atoms with van der Waals surface area (Å²) in [5.74, 6) is 0.274. The molecule has 1 aromatic carbocycles. The average molecular weight is 273 g/mol. The van der Waals surface area contributed by atoms with E-state index in [4.69, 9.17) is 9.15 Å². The first kappa shape index (κ1) is 14.3. The largest absolute Gasteiger partial charge is 0.405 e. The van der Waals surface area contributed by atoms with Crippen LogP contribution >= 0.6 is 0 Å². The van der Waals surface area contributed by atoms with Crippen molar-refractivity contribution in [1.29, 1.82) is 0 Å². The lowest BCUT2D eigenvalue weighted by Crippen LogP contribution is -2.01. The fourth-order valence-electron chi connectivity index (χ4n) is 2.31. The van der Waals surface area contributed by atoms with Crippen molar-refractivity contribution in [2.75, 3.05) is 0 Å². The molecule has 0 aliphatic heterocycles. The summed E-state index contributed by atoms with van der Waals surface area (Å²) in [6.45, 7) is 7.35. The van der Waals surface area contributed by atoms with Crippen LogP contribution in [-0.4, -0.2) is 11.0 Å². The number of nitrogens with zero attached hydrogens (tertiary/aromatic N) is 1. The highest BCUT2D eigenvalue weighted by Gasteiger charge is 2.17. The molecule has 0 spiro atoms. The molecule has 20 heavy (non-hydrogen) atoms. The maximum absolute atomic E-state index is 11.0. The van der Waals surface area contributed by atoms with Crippen molar-refractivity contribution in [2.24, 2.45) is 0 Å². The summed E-state index contributed by atoms with van der Waals surface area (Å²) in [6.07, 6.45) is 1.87. The zero-order valence-corrected chi connectivity index (χ0v) is 12.3. The summed E-state index contributed by atoms with van der Waals surface area (Å²) < 4.78 is 10.6. The molecule has 0 bridgehead atoms. The number of carbonyl (C=O) groups excluding carboxylic acids is 1. The summed E-state index contributed by atoms with van der Waals surface area (Å²) in [6, 6.07) is 6.10. The van der Waals surface area contributed by atoms with Crippen molar-refractivity contribution < 1.29 is 13.9 Å². The molecule has 106 valence electrons. The Morgan fingerprint density at radius 1 is 1.30 bits per heavy atom. The normalized spacial score (nSPS) is 10.6. The van der Waals surface area contributed by atoms with Crippen LogP contribution in [0.3, 0.4) is 0 Å². The van der Waals surface area contributed by atoms with Crippen molar-refractivity contribution in [1.82, 2.24) is 4.98 Å². The third-order valence-electron chi connectivity index (χ3n) is 3.23. The maximum Gasteiger partial charge on any atom is 0.316 e. The third-order valence-corrected chi connectivity index (χ3v) is 3.23. The molecule has 0 atom stereocenters. The second-order valence-electron chi connectivity index (χ2n) is 4.64. The van der Waals surface area contributed by atoms with Gasteiger partial charge in [0.15, 0.2) is 0 Å². The molecule has 0 N–H and O–H groups in total. The van der Waals surface area contributed by atoms with Crippen LogP contribution in [0.4, 0.5) is 0 Å². The van der Waals surface area contributed by atoms with Gasteiger partial charge in [0.05, 0.1) is 0 Å². The highest BCUT2D eigenvalue weighted by Crippen LogP contribution is 2.31. The Morgan fingerprint density at radius 2 is 2.05 bits per heavy atom. The van der Waals surface area contributed by atoms with E-state index in [0.717, 1.165) is 18.4 Å². The summed E-state index contributed by atoms with van der Waals surface area (Å²) in [4.78, 5) is 15.4. The molecule has 0 radical (unpaired) electrons. The van der Waals surface area contributed by atoms with E-state index in [9.17, 15) is 4.79 Å². The molecule has 0 unspecified atom stereocenters. The number of aromatic nitrogens is 1. The van der Waals surface area contributed by atoms with Crippen LogP contribution in [0.15, 0.2) is 22.6 Å². The molecule has 0 aliphatic carbocycles. The SMILES string of the molecule is CCc1cccc(-c2nc(C)c(OC(C)=O)o2)c1CC. The first-order chi connectivity index (χ1) is 9.56. The molecule has 2 rings (SSSR count). The molecule has 2 aromatic rings. The Balaban J connectivity index is 2.49. The second-order valence-corrected chi connectivity index (χ2v) is 4.64. The zero-order chi connectivity index (χ0) is 14.7. The van der Waals surface area contributed by atoms with Gasteiger partial charge in [0.25, 0.3) is 0 Å². The van der Waals surface area contributed by atoms with E-state index in [-0.39, 0.29) is 5.95 Å². The fourth-order valence-corrected chi connectivity index (χ4v) is 2.31. The topological polar surface area (TPSA) is 52.3 Å². The van der Waals surface area contributed by atoms with Gasteiger partial charge in [-0.2, -0.15) is 0 Å². The fraction of sp³-hybridized carbons (Fsp3) is 0.375. The molecule has 0 amide bonds. The number of carbonyl (C=O) groups is 1. The molecule has 4 nitrogen and oxygen atoms in total. The molecule has 4 heteroatoms. The third kappa shape index (κ3) is 2.74. The van der Waals surface area contributed by atoms with Gasteiger partial charge < -0.3 is 9.15 Å². The van der Waals surface area contributed by atoms with Gasteiger partial charge in [0, 0.05) is 12.5 Å². The quantitative estimate of drug-likeness (QED) is 0.797. The van der Waals surface area contributed by atoms with E-state index in [1.54, 1.807) is 6.92 Å². The highest BCUT2D eigenvalue weighted by atomic mass is 16.6. The predicted molar refractivity (Wildman–Crippen MR) is 76.7 cm³/mol. The predicted octanol–water partition coefficient (Wildman–Crippen LogP) is 3.70. The lowest BCUT2D eigenvalue weighted by molar-refractivity contribution is -0.133. The molecule has 1 aromatic heterocycles. The van der Waals surface area contributed by atoms with Gasteiger partial charge in [0.1, 0.15) is 5.69 Å². The molecular formula is C16H19NO3. The lowest BCUT2D eigenvalue weighted by atomic mass is 9.97. The van der Waals surface area contributed by atoms with Crippen LogP contribution < -0.4 is 4.74 Å². The molecular weight excluding hydrogens is 254 g/mol. The maximum atomic E-state index is 11.0. The van der Waals surface area contributed by atoms with Crippen LogP contribution in [0.2, 0.25) is 0 Å². The van der Waals surface area contributed by atoms with Gasteiger partial charge in [-0.1, -0.05) is 26.0 Å². The standard InChI is InChI=1S/C16H19NO3/c1-5-12-8-7-9-14(13(12)6-2)15-17-10(3)16(20-15)19-11(4)18/h7-9H,5-6H2,1-4H3. The Hall–Kier alpha value is -2.10. The Morgan fingerprint density at radius 3 is 2.65 bits per heavy atom. The Labute approximate surface area is 118 Å². The first-order valence-electron chi connectivity index (χ1n) is 6.83. The van der Waals surface area contributed by atoms with Crippen LogP contribution in [0.5, 0.6) is 5.95 Å². The van der Waals surface area contributed by atoms with E-state index in [0.29, 0.717) is 11.6 Å². The number of oxazole rings is 1. The van der Waals surface area contributed by atoms with Crippen LogP contribution in [0, 0.1) is 6.92 Å². The second kappa shape index (κ2) is 5.90. The van der Waals surface area contributed by atoms with Crippen LogP contribution in [-0.2, 0) is 17.6 Å². The van der Waals surface area contributed by atoms with Gasteiger partial charge in [-0.25, -0.2) is 4.98 Å². The Bertz CT molecular complexity index is 629. The van der Waals surface area contributed by atoms with Crippen LogP contribution in [0.1, 0.15) is 37.6 Å². The first-order valence-corrected chi connectivity index (χ1v) is 6.83. The minimum Gasteiger partial charge on any atom is -0.405 e. The number of benzene rings is 1. The highest BCUT2D eigenvalue weighted by molar-refractivity contribution is 5.69. The van der Waals surface area contributed by atoms with E-state index in [1.807, 2.05) is 12.1 Å². The summed E-state index contributed by atoms with van der Waals surface area (Å²) in [7, 11) is 0. The van der Waals surface area contributed by atoms with Gasteiger partial charge in [-0.15, -0.1) is 0 Å². The number of ether oxygens (including phenoxy) is 1. The molecule has 0 fully saturated rings. The summed E-state index contributed by atoms with van der Waals surface area (Å²) >= 11 is 0. The number of esters is 1. The zero-order valence-electron chi connectivity index (χ0n) is 12.3. The lowest BCUT2D eigenvalue weighted by Gasteiger charge is -2.09. The van der Waals surface area contributed by atoms with Crippen molar-refractivity contribution in [2.45, 2.75) is 40.5 Å². The Kier molecular flexibility index (Phi) is 4.23. The van der Waals surface area contributed by atoms with Crippen molar-refractivity contribution in [3.8, 4) is 17.4 Å². The minimum absolute atomic E-state index is 0.177. The van der Waals surface area contributed by atoms with Gasteiger partial charge in [-0.05, 0) is 37.0 Å².